The van der Waals surface area contributed by atoms with Crippen molar-refractivity contribution in [3.63, 3.8) is 0 Å². The number of nitrogens with zero attached hydrogens (tertiary/aromatic N) is 3. The van der Waals surface area contributed by atoms with Gasteiger partial charge >= 0.3 is 0 Å². The van der Waals surface area contributed by atoms with E-state index in [1.165, 1.54) is 11.8 Å². The van der Waals surface area contributed by atoms with Gasteiger partial charge in [-0.3, -0.25) is 0 Å². The molecule has 0 amide bonds. The molecule has 1 N–H and O–H groups in total. The van der Waals surface area contributed by atoms with Crippen molar-refractivity contribution in [2.75, 3.05) is 12.5 Å². The first kappa shape index (κ1) is 12.9. The van der Waals surface area contributed by atoms with Crippen molar-refractivity contribution in [2.24, 2.45) is 4.99 Å². The van der Waals surface area contributed by atoms with Crippen LogP contribution >= 0.6 is 39.5 Å². The standard InChI is InChI=1S/C10H11BrN4S2/c1-16-9-12-3-6(4-13-9)8-7(11)5-14-10(15-8)17-2/h3-5,8H,1-2H3,(H,14,15). The Kier molecular flexibility index (Phi) is 4.47. The lowest BCUT2D eigenvalue weighted by Gasteiger charge is -2.18. The molecule has 0 saturated heterocycles. The van der Waals surface area contributed by atoms with Gasteiger partial charge in [-0.25, -0.2) is 15.0 Å². The predicted molar refractivity (Wildman–Crippen MR) is 77.6 cm³/mol. The van der Waals surface area contributed by atoms with E-state index in [1.54, 1.807) is 11.8 Å². The SMILES string of the molecule is CSC1=NC(c2cnc(SC)nc2)C(Br)=CN1. The van der Waals surface area contributed by atoms with Gasteiger partial charge in [-0.1, -0.05) is 39.5 Å². The Hall–Kier alpha value is -0.530. The molecule has 1 aliphatic rings. The van der Waals surface area contributed by atoms with E-state index in [9.17, 15) is 0 Å². The molecule has 0 bridgehead atoms. The smallest absolute Gasteiger partial charge is 0.187 e. The second-order valence-corrected chi connectivity index (χ2v) is 5.70. The Balaban J connectivity index is 2.27. The number of rotatable bonds is 2. The van der Waals surface area contributed by atoms with Crippen molar-refractivity contribution >= 4 is 44.6 Å². The number of nitrogens with one attached hydrogen (secondary N) is 1. The van der Waals surface area contributed by atoms with Crippen molar-refractivity contribution < 1.29 is 0 Å². The summed E-state index contributed by atoms with van der Waals surface area (Å²) in [5.41, 5.74) is 0.985. The van der Waals surface area contributed by atoms with Crippen LogP contribution in [0.15, 0.2) is 33.2 Å². The Morgan fingerprint density at radius 3 is 2.53 bits per heavy atom. The molecule has 1 unspecified atom stereocenters. The number of hydrogen-bond donors (Lipinski definition) is 1. The molecule has 0 spiro atoms. The number of aromatic nitrogens is 2. The molecule has 7 heteroatoms. The minimum atomic E-state index is -0.0467. The van der Waals surface area contributed by atoms with Crippen molar-refractivity contribution in [3.8, 4) is 0 Å². The van der Waals surface area contributed by atoms with Crippen LogP contribution in [-0.2, 0) is 0 Å². The van der Waals surface area contributed by atoms with Crippen LogP contribution in [0.3, 0.4) is 0 Å². The zero-order valence-electron chi connectivity index (χ0n) is 9.35. The molecule has 1 aromatic rings. The summed E-state index contributed by atoms with van der Waals surface area (Å²) in [5.74, 6) is 0. The predicted octanol–water partition coefficient (Wildman–Crippen LogP) is 2.80. The lowest BCUT2D eigenvalue weighted by Crippen LogP contribution is -2.20. The third-order valence-electron chi connectivity index (χ3n) is 2.18. The van der Waals surface area contributed by atoms with Gasteiger partial charge in [-0.05, 0) is 12.5 Å². The zero-order chi connectivity index (χ0) is 12.3. The Bertz CT molecular complexity index is 458. The van der Waals surface area contributed by atoms with E-state index in [-0.39, 0.29) is 6.04 Å². The summed E-state index contributed by atoms with van der Waals surface area (Å²) in [6.07, 6.45) is 9.51. The molecule has 0 saturated carbocycles. The van der Waals surface area contributed by atoms with Gasteiger partial charge in [0.1, 0.15) is 6.04 Å². The van der Waals surface area contributed by atoms with Crippen LogP contribution in [0.4, 0.5) is 0 Å². The van der Waals surface area contributed by atoms with E-state index in [1.807, 2.05) is 31.1 Å². The van der Waals surface area contributed by atoms with Gasteiger partial charge in [0, 0.05) is 28.6 Å². The van der Waals surface area contributed by atoms with Crippen molar-refractivity contribution in [3.05, 3.63) is 28.6 Å². The summed E-state index contributed by atoms with van der Waals surface area (Å²) in [5, 5.41) is 4.77. The van der Waals surface area contributed by atoms with Crippen LogP contribution in [0.1, 0.15) is 11.6 Å². The Morgan fingerprint density at radius 2 is 1.94 bits per heavy atom. The van der Waals surface area contributed by atoms with Gasteiger partial charge in [0.2, 0.25) is 0 Å². The van der Waals surface area contributed by atoms with Crippen LogP contribution in [0.2, 0.25) is 0 Å². The maximum atomic E-state index is 4.57. The van der Waals surface area contributed by atoms with Crippen molar-refractivity contribution in [1.82, 2.24) is 15.3 Å². The Labute approximate surface area is 117 Å². The van der Waals surface area contributed by atoms with Crippen LogP contribution in [0.5, 0.6) is 0 Å². The van der Waals surface area contributed by atoms with E-state index in [2.05, 4.69) is 36.2 Å². The van der Waals surface area contributed by atoms with Crippen molar-refractivity contribution in [2.45, 2.75) is 11.2 Å². The second kappa shape index (κ2) is 5.88. The van der Waals surface area contributed by atoms with Crippen LogP contribution in [0.25, 0.3) is 0 Å². The molecule has 1 aromatic heterocycles. The van der Waals surface area contributed by atoms with E-state index in [0.717, 1.165) is 20.4 Å². The number of aliphatic imine (C=N–C) groups is 1. The van der Waals surface area contributed by atoms with Crippen LogP contribution in [0, 0.1) is 0 Å². The number of thioether (sulfide) groups is 2. The Morgan fingerprint density at radius 1 is 1.24 bits per heavy atom. The third-order valence-corrected chi connectivity index (χ3v) is 4.03. The molecule has 1 atom stereocenters. The van der Waals surface area contributed by atoms with Gasteiger partial charge in [-0.15, -0.1) is 0 Å². The summed E-state index contributed by atoms with van der Waals surface area (Å²) >= 11 is 6.62. The minimum absolute atomic E-state index is 0.0467. The second-order valence-electron chi connectivity index (χ2n) is 3.22. The topological polar surface area (TPSA) is 50.2 Å². The quantitative estimate of drug-likeness (QED) is 0.667. The molecule has 4 nitrogen and oxygen atoms in total. The fourth-order valence-corrected chi connectivity index (χ4v) is 2.53. The highest BCUT2D eigenvalue weighted by Gasteiger charge is 2.19. The average molecular weight is 331 g/mol. The van der Waals surface area contributed by atoms with Gasteiger partial charge in [0.05, 0.1) is 0 Å². The summed E-state index contributed by atoms with van der Waals surface area (Å²) < 4.78 is 0.982. The number of amidine groups is 1. The highest BCUT2D eigenvalue weighted by Crippen LogP contribution is 2.32. The first-order valence-corrected chi connectivity index (χ1v) is 8.08. The first-order valence-electron chi connectivity index (χ1n) is 4.84. The summed E-state index contributed by atoms with van der Waals surface area (Å²) in [7, 11) is 0. The van der Waals surface area contributed by atoms with Crippen molar-refractivity contribution in [1.29, 1.82) is 0 Å². The number of halogens is 1. The lowest BCUT2D eigenvalue weighted by atomic mass is 10.1. The van der Waals surface area contributed by atoms with Crippen LogP contribution in [-0.4, -0.2) is 27.6 Å². The largest absolute Gasteiger partial charge is 0.341 e. The van der Waals surface area contributed by atoms with E-state index >= 15 is 0 Å². The number of hydrogen-bond acceptors (Lipinski definition) is 6. The molecule has 90 valence electrons. The van der Waals surface area contributed by atoms with Crippen LogP contribution < -0.4 is 5.32 Å². The minimum Gasteiger partial charge on any atom is -0.341 e. The van der Waals surface area contributed by atoms with Gasteiger partial charge < -0.3 is 5.32 Å². The fraction of sp³-hybridized carbons (Fsp3) is 0.300. The molecule has 2 rings (SSSR count). The highest BCUT2D eigenvalue weighted by molar-refractivity contribution is 9.11. The van der Waals surface area contributed by atoms with E-state index in [0.29, 0.717) is 0 Å². The highest BCUT2D eigenvalue weighted by atomic mass is 79.9. The molecule has 17 heavy (non-hydrogen) atoms. The maximum absolute atomic E-state index is 4.57. The molecule has 0 aliphatic carbocycles. The molecule has 2 heterocycles. The molecule has 0 radical (unpaired) electrons. The lowest BCUT2D eigenvalue weighted by molar-refractivity contribution is 0.827. The van der Waals surface area contributed by atoms with Gasteiger partial charge in [0.15, 0.2) is 10.3 Å². The summed E-state index contributed by atoms with van der Waals surface area (Å²) in [6, 6.07) is -0.0467. The molecular weight excluding hydrogens is 320 g/mol. The average Bonchev–Trinajstić information content (AvgIpc) is 2.39. The van der Waals surface area contributed by atoms with E-state index in [4.69, 9.17) is 0 Å². The maximum Gasteiger partial charge on any atom is 0.187 e. The zero-order valence-corrected chi connectivity index (χ0v) is 12.6. The first-order chi connectivity index (χ1) is 8.24. The van der Waals surface area contributed by atoms with Gasteiger partial charge in [-0.2, -0.15) is 0 Å². The molecular formula is C10H11BrN4S2. The molecule has 0 aromatic carbocycles. The van der Waals surface area contributed by atoms with E-state index < -0.39 is 0 Å². The normalized spacial score (nSPS) is 19.4. The van der Waals surface area contributed by atoms with Gasteiger partial charge in [0.25, 0.3) is 0 Å². The third kappa shape index (κ3) is 3.02. The summed E-state index contributed by atoms with van der Waals surface area (Å²) in [4.78, 5) is 13.1. The summed E-state index contributed by atoms with van der Waals surface area (Å²) in [6.45, 7) is 0. The molecule has 0 fully saturated rings. The fourth-order valence-electron chi connectivity index (χ4n) is 1.34. The monoisotopic (exact) mass is 330 g/mol. The molecule has 1 aliphatic heterocycles.